The zero-order valence-corrected chi connectivity index (χ0v) is 17.7. The molecule has 1 fully saturated rings. The fraction of sp³-hybridized carbons (Fsp3) is 0.391. The molecule has 29 heavy (non-hydrogen) atoms. The molecule has 0 radical (unpaired) electrons. The molecule has 0 spiro atoms. The normalized spacial score (nSPS) is 14.2. The Labute approximate surface area is 176 Å². The van der Waals surface area contributed by atoms with Crippen LogP contribution < -0.4 is 10.1 Å². The molecule has 1 heterocycles. The van der Waals surface area contributed by atoms with Crippen molar-refractivity contribution in [2.75, 3.05) is 31.3 Å². The molecule has 2 aromatic rings. The van der Waals surface area contributed by atoms with Gasteiger partial charge < -0.3 is 15.0 Å². The third kappa shape index (κ3) is 6.26. The SMILES string of the molecule is COc1ccc(CSCC(=O)Nc2ccccc2C(=O)N2CCCCCC2)cc1. The molecule has 0 unspecified atom stereocenters. The van der Waals surface area contributed by atoms with Crippen molar-refractivity contribution in [3.05, 3.63) is 59.7 Å². The number of benzene rings is 2. The van der Waals surface area contributed by atoms with E-state index in [4.69, 9.17) is 4.74 Å². The van der Waals surface area contributed by atoms with Crippen LogP contribution in [0.4, 0.5) is 5.69 Å². The van der Waals surface area contributed by atoms with E-state index in [2.05, 4.69) is 5.32 Å². The maximum atomic E-state index is 13.0. The van der Waals surface area contributed by atoms with E-state index < -0.39 is 0 Å². The van der Waals surface area contributed by atoms with Crippen LogP contribution in [0, 0.1) is 0 Å². The number of amides is 2. The van der Waals surface area contributed by atoms with Gasteiger partial charge in [-0.25, -0.2) is 0 Å². The second-order valence-corrected chi connectivity index (χ2v) is 8.13. The molecule has 0 saturated carbocycles. The van der Waals surface area contributed by atoms with Crippen LogP contribution in [0.5, 0.6) is 5.75 Å². The van der Waals surface area contributed by atoms with E-state index in [1.54, 1.807) is 31.0 Å². The number of methoxy groups -OCH3 is 1. The monoisotopic (exact) mass is 412 g/mol. The lowest BCUT2D eigenvalue weighted by Crippen LogP contribution is -2.32. The summed E-state index contributed by atoms with van der Waals surface area (Å²) in [4.78, 5) is 27.3. The molecular formula is C23H28N2O3S. The number of ether oxygens (including phenoxy) is 1. The summed E-state index contributed by atoms with van der Waals surface area (Å²) in [7, 11) is 1.64. The van der Waals surface area contributed by atoms with Gasteiger partial charge in [0.05, 0.1) is 24.1 Å². The highest BCUT2D eigenvalue weighted by Crippen LogP contribution is 2.21. The Balaban J connectivity index is 1.55. The first-order valence-electron chi connectivity index (χ1n) is 10.1. The lowest BCUT2D eigenvalue weighted by Gasteiger charge is -2.22. The fourth-order valence-electron chi connectivity index (χ4n) is 3.39. The van der Waals surface area contributed by atoms with Crippen molar-refractivity contribution in [3.8, 4) is 5.75 Å². The molecule has 0 aromatic heterocycles. The molecule has 0 bridgehead atoms. The second-order valence-electron chi connectivity index (χ2n) is 7.14. The standard InChI is InChI=1S/C23H28N2O3S/c1-28-19-12-10-18(11-13-19)16-29-17-22(26)24-21-9-5-4-8-20(21)23(27)25-14-6-2-3-7-15-25/h4-5,8-13H,2-3,6-7,14-17H2,1H3,(H,24,26). The molecule has 2 aromatic carbocycles. The third-order valence-electron chi connectivity index (χ3n) is 4.99. The van der Waals surface area contributed by atoms with E-state index in [9.17, 15) is 9.59 Å². The number of carbonyl (C=O) groups is 2. The minimum absolute atomic E-state index is 0.00804. The summed E-state index contributed by atoms with van der Waals surface area (Å²) in [6.07, 6.45) is 4.44. The molecule has 154 valence electrons. The van der Waals surface area contributed by atoms with Gasteiger partial charge in [0, 0.05) is 18.8 Å². The Hall–Kier alpha value is -2.47. The highest BCUT2D eigenvalue weighted by Gasteiger charge is 2.20. The Kier molecular flexibility index (Phi) is 7.99. The Bertz CT molecular complexity index is 815. The van der Waals surface area contributed by atoms with Gasteiger partial charge in [0.2, 0.25) is 5.91 Å². The van der Waals surface area contributed by atoms with E-state index in [-0.39, 0.29) is 11.8 Å². The number of hydrogen-bond donors (Lipinski definition) is 1. The number of thioether (sulfide) groups is 1. The van der Waals surface area contributed by atoms with Crippen LogP contribution in [-0.4, -0.2) is 42.7 Å². The van der Waals surface area contributed by atoms with Crippen LogP contribution in [0.1, 0.15) is 41.6 Å². The van der Waals surface area contributed by atoms with Gasteiger partial charge in [-0.1, -0.05) is 37.1 Å². The van der Waals surface area contributed by atoms with Gasteiger partial charge in [0.15, 0.2) is 0 Å². The van der Waals surface area contributed by atoms with Crippen molar-refractivity contribution in [3.63, 3.8) is 0 Å². The van der Waals surface area contributed by atoms with Gasteiger partial charge in [-0.05, 0) is 42.7 Å². The van der Waals surface area contributed by atoms with Gasteiger partial charge in [0.25, 0.3) is 5.91 Å². The van der Waals surface area contributed by atoms with Gasteiger partial charge in [0.1, 0.15) is 5.75 Å². The second kappa shape index (κ2) is 10.9. The zero-order chi connectivity index (χ0) is 20.5. The lowest BCUT2D eigenvalue weighted by atomic mass is 10.1. The first-order chi connectivity index (χ1) is 14.2. The topological polar surface area (TPSA) is 58.6 Å². The lowest BCUT2D eigenvalue weighted by molar-refractivity contribution is -0.113. The van der Waals surface area contributed by atoms with E-state index in [0.717, 1.165) is 43.0 Å². The first kappa shape index (κ1) is 21.2. The third-order valence-corrected chi connectivity index (χ3v) is 5.99. The molecule has 1 aliphatic rings. The molecule has 1 saturated heterocycles. The Morgan fingerprint density at radius 3 is 2.38 bits per heavy atom. The molecule has 6 heteroatoms. The predicted octanol–water partition coefficient (Wildman–Crippen LogP) is 4.58. The summed E-state index contributed by atoms with van der Waals surface area (Å²) in [6.45, 7) is 1.58. The molecule has 2 amide bonds. The average molecular weight is 413 g/mol. The zero-order valence-electron chi connectivity index (χ0n) is 16.9. The van der Waals surface area contributed by atoms with Crippen LogP contribution in [0.3, 0.4) is 0 Å². The van der Waals surface area contributed by atoms with Crippen LogP contribution in [-0.2, 0) is 10.5 Å². The molecule has 0 aliphatic carbocycles. The first-order valence-corrected chi connectivity index (χ1v) is 11.2. The van der Waals surface area contributed by atoms with Gasteiger partial charge in [-0.3, -0.25) is 9.59 Å². The summed E-state index contributed by atoms with van der Waals surface area (Å²) in [5.74, 6) is 1.81. The molecule has 1 N–H and O–H groups in total. The number of hydrogen-bond acceptors (Lipinski definition) is 4. The van der Waals surface area contributed by atoms with Crippen LogP contribution in [0.15, 0.2) is 48.5 Å². The average Bonchev–Trinajstić information content (AvgIpc) is 3.04. The Morgan fingerprint density at radius 2 is 1.69 bits per heavy atom. The number of nitrogens with zero attached hydrogens (tertiary/aromatic N) is 1. The van der Waals surface area contributed by atoms with Crippen molar-refractivity contribution >= 4 is 29.3 Å². The van der Waals surface area contributed by atoms with Crippen molar-refractivity contribution in [1.29, 1.82) is 0 Å². The number of para-hydroxylation sites is 1. The number of anilines is 1. The fourth-order valence-corrected chi connectivity index (χ4v) is 4.18. The van der Waals surface area contributed by atoms with E-state index >= 15 is 0 Å². The number of nitrogens with one attached hydrogen (secondary N) is 1. The van der Waals surface area contributed by atoms with Gasteiger partial charge in [-0.2, -0.15) is 0 Å². The summed E-state index contributed by atoms with van der Waals surface area (Å²) < 4.78 is 5.16. The summed E-state index contributed by atoms with van der Waals surface area (Å²) in [6, 6.07) is 15.1. The van der Waals surface area contributed by atoms with Crippen molar-refractivity contribution in [2.24, 2.45) is 0 Å². The van der Waals surface area contributed by atoms with Gasteiger partial charge in [-0.15, -0.1) is 11.8 Å². The van der Waals surface area contributed by atoms with E-state index in [1.165, 1.54) is 12.8 Å². The Morgan fingerprint density at radius 1 is 1.00 bits per heavy atom. The minimum atomic E-state index is -0.0976. The number of likely N-dealkylation sites (tertiary alicyclic amines) is 1. The maximum absolute atomic E-state index is 13.0. The van der Waals surface area contributed by atoms with E-state index in [0.29, 0.717) is 17.0 Å². The minimum Gasteiger partial charge on any atom is -0.497 e. The van der Waals surface area contributed by atoms with Crippen molar-refractivity contribution in [2.45, 2.75) is 31.4 Å². The summed E-state index contributed by atoms with van der Waals surface area (Å²) >= 11 is 1.54. The van der Waals surface area contributed by atoms with Gasteiger partial charge >= 0.3 is 0 Å². The molecule has 5 nitrogen and oxygen atoms in total. The molecular weight excluding hydrogens is 384 g/mol. The number of carbonyl (C=O) groups excluding carboxylic acids is 2. The molecule has 1 aliphatic heterocycles. The van der Waals surface area contributed by atoms with Crippen molar-refractivity contribution in [1.82, 2.24) is 4.90 Å². The van der Waals surface area contributed by atoms with Crippen LogP contribution in [0.2, 0.25) is 0 Å². The molecule has 0 atom stereocenters. The van der Waals surface area contributed by atoms with Crippen LogP contribution in [0.25, 0.3) is 0 Å². The smallest absolute Gasteiger partial charge is 0.255 e. The predicted molar refractivity (Wildman–Crippen MR) is 119 cm³/mol. The summed E-state index contributed by atoms with van der Waals surface area (Å²) in [5.41, 5.74) is 2.31. The summed E-state index contributed by atoms with van der Waals surface area (Å²) in [5, 5.41) is 2.92. The van der Waals surface area contributed by atoms with Crippen LogP contribution >= 0.6 is 11.8 Å². The highest BCUT2D eigenvalue weighted by molar-refractivity contribution is 7.99. The number of rotatable bonds is 7. The van der Waals surface area contributed by atoms with Crippen molar-refractivity contribution < 1.29 is 14.3 Å². The van der Waals surface area contributed by atoms with E-state index in [1.807, 2.05) is 41.3 Å². The maximum Gasteiger partial charge on any atom is 0.255 e. The quantitative estimate of drug-likeness (QED) is 0.723. The highest BCUT2D eigenvalue weighted by atomic mass is 32.2. The molecule has 3 rings (SSSR count). The largest absolute Gasteiger partial charge is 0.497 e.